The van der Waals surface area contributed by atoms with Gasteiger partial charge in [0.15, 0.2) is 13.5 Å². The monoisotopic (exact) mass is 181 g/mol. The van der Waals surface area contributed by atoms with Gasteiger partial charge in [0, 0.05) is 11.2 Å². The summed E-state index contributed by atoms with van der Waals surface area (Å²) in [5.74, 6) is 1.81. The van der Waals surface area contributed by atoms with Crippen molar-refractivity contribution < 1.29 is 8.93 Å². The normalized spacial score (nSPS) is 11.6. The molecule has 0 radical (unpaired) electrons. The van der Waals surface area contributed by atoms with Crippen LogP contribution in [0, 0.1) is 0 Å². The van der Waals surface area contributed by atoms with Gasteiger partial charge in [0.05, 0.1) is 0 Å². The van der Waals surface area contributed by atoms with E-state index in [0.29, 0.717) is 5.58 Å². The van der Waals surface area contributed by atoms with Gasteiger partial charge in [-0.3, -0.25) is 14.4 Å². The first kappa shape index (κ1) is 7.47. The van der Waals surface area contributed by atoms with E-state index in [1.54, 1.807) is 5.80 Å². The number of hydrogen-bond donors (Lipinski definition) is 1. The average Bonchev–Trinajstić information content (AvgIpc) is 2.29. The Kier molecular flexibility index (Phi) is 1.90. The number of rotatable bonds is 0. The molecule has 1 unspecified atom stereocenters. The van der Waals surface area contributed by atoms with E-state index in [1.807, 2.05) is 30.3 Å². The number of benzene rings is 1. The van der Waals surface area contributed by atoms with E-state index in [4.69, 9.17) is 14.4 Å². The summed E-state index contributed by atoms with van der Waals surface area (Å²) in [7, 11) is -1.07. The zero-order valence-electron chi connectivity index (χ0n) is 6.31. The van der Waals surface area contributed by atoms with Crippen molar-refractivity contribution in [2.24, 2.45) is 0 Å². The Balaban J connectivity index is 2.85. The van der Waals surface area contributed by atoms with Gasteiger partial charge in [-0.2, -0.15) is 0 Å². The molecule has 2 N–H and O–H groups in total. The SMILES string of the molecule is Np1ccc2ccccc2oo1. The largest absolute Gasteiger partial charge is 0.286 e. The van der Waals surface area contributed by atoms with Crippen LogP contribution in [0.2, 0.25) is 0 Å². The van der Waals surface area contributed by atoms with E-state index >= 15 is 0 Å². The number of nitrogen functional groups attached to an aromatic ring is 1. The molecule has 0 saturated carbocycles. The zero-order valence-corrected chi connectivity index (χ0v) is 7.20. The highest BCUT2D eigenvalue weighted by Gasteiger charge is 1.91. The smallest absolute Gasteiger partial charge is 0.186 e. The van der Waals surface area contributed by atoms with Gasteiger partial charge in [0.2, 0.25) is 0 Å². The summed E-state index contributed by atoms with van der Waals surface area (Å²) in [6.45, 7) is 0. The molecule has 1 atom stereocenters. The number of para-hydroxylation sites is 1. The van der Waals surface area contributed by atoms with Crippen LogP contribution in [-0.4, -0.2) is 0 Å². The maximum atomic E-state index is 5.54. The lowest BCUT2D eigenvalue weighted by Crippen LogP contribution is -1.66. The minimum atomic E-state index is -1.07. The van der Waals surface area contributed by atoms with Crippen LogP contribution < -0.4 is 5.50 Å². The standard InChI is InChI=1S/C8H8NO2P/c9-12-6-5-7-3-1-2-4-8(7)10-11-12/h1-6H,9H2. The first-order chi connectivity index (χ1) is 5.86. The third-order valence-electron chi connectivity index (χ3n) is 1.53. The van der Waals surface area contributed by atoms with E-state index in [9.17, 15) is 0 Å². The topological polar surface area (TPSA) is 52.3 Å². The van der Waals surface area contributed by atoms with Crippen LogP contribution in [0.4, 0.5) is 0 Å². The molecule has 1 aromatic heterocycles. The molecule has 0 amide bonds. The molecular weight excluding hydrogens is 173 g/mol. The minimum Gasteiger partial charge on any atom is -0.286 e. The molecule has 2 aromatic rings. The molecule has 3 nitrogen and oxygen atoms in total. The van der Waals surface area contributed by atoms with Crippen LogP contribution in [0.15, 0.2) is 45.1 Å². The fourth-order valence-electron chi connectivity index (χ4n) is 0.956. The van der Waals surface area contributed by atoms with Crippen molar-refractivity contribution in [3.8, 4) is 0 Å². The molecule has 2 rings (SSSR count). The third kappa shape index (κ3) is 1.37. The molecule has 0 saturated heterocycles. The zero-order chi connectivity index (χ0) is 8.39. The van der Waals surface area contributed by atoms with E-state index in [1.165, 1.54) is 0 Å². The van der Waals surface area contributed by atoms with Gasteiger partial charge in [-0.1, -0.05) is 18.2 Å². The predicted octanol–water partition coefficient (Wildman–Crippen LogP) is 2.85. The van der Waals surface area contributed by atoms with Gasteiger partial charge in [-0.15, -0.1) is 0 Å². The maximum absolute atomic E-state index is 5.54. The second kappa shape index (κ2) is 3.05. The Morgan fingerprint density at radius 2 is 2.00 bits per heavy atom. The summed E-state index contributed by atoms with van der Waals surface area (Å²) in [5, 5.41) is 0.993. The molecule has 1 aromatic carbocycles. The van der Waals surface area contributed by atoms with Crippen LogP contribution >= 0.6 is 7.92 Å². The Morgan fingerprint density at radius 1 is 1.17 bits per heavy atom. The van der Waals surface area contributed by atoms with Gasteiger partial charge >= 0.3 is 0 Å². The highest BCUT2D eigenvalue weighted by Crippen LogP contribution is 2.19. The Morgan fingerprint density at radius 3 is 2.92 bits per heavy atom. The Bertz CT molecular complexity index is 387. The van der Waals surface area contributed by atoms with E-state index < -0.39 is 7.92 Å². The van der Waals surface area contributed by atoms with Crippen LogP contribution in [0.5, 0.6) is 0 Å². The van der Waals surface area contributed by atoms with Crippen LogP contribution in [-0.2, 0) is 0 Å². The van der Waals surface area contributed by atoms with Gasteiger partial charge in [0.25, 0.3) is 0 Å². The lowest BCUT2D eigenvalue weighted by molar-refractivity contribution is 0.123. The van der Waals surface area contributed by atoms with Gasteiger partial charge in [-0.25, -0.2) is 0 Å². The summed E-state index contributed by atoms with van der Waals surface area (Å²) < 4.78 is 9.89. The Hall–Kier alpha value is -1.18. The number of hydrogen-bond acceptors (Lipinski definition) is 3. The second-order valence-corrected chi connectivity index (χ2v) is 3.54. The lowest BCUT2D eigenvalue weighted by atomic mass is 10.2. The molecule has 0 spiro atoms. The molecule has 12 heavy (non-hydrogen) atoms. The van der Waals surface area contributed by atoms with Crippen LogP contribution in [0.1, 0.15) is 0 Å². The minimum absolute atomic E-state index is 0.712. The quantitative estimate of drug-likeness (QED) is 0.635. The van der Waals surface area contributed by atoms with Gasteiger partial charge < -0.3 is 0 Å². The van der Waals surface area contributed by atoms with Crippen LogP contribution in [0.3, 0.4) is 0 Å². The van der Waals surface area contributed by atoms with Crippen molar-refractivity contribution in [2.75, 3.05) is 5.50 Å². The van der Waals surface area contributed by atoms with Crippen molar-refractivity contribution in [3.05, 3.63) is 36.1 Å². The first-order valence-electron chi connectivity index (χ1n) is 3.52. The van der Waals surface area contributed by atoms with Crippen molar-refractivity contribution >= 4 is 18.9 Å². The maximum Gasteiger partial charge on any atom is 0.186 e. The fraction of sp³-hybridized carbons (Fsp3) is 0. The van der Waals surface area contributed by atoms with Gasteiger partial charge in [0.1, 0.15) is 0 Å². The fourth-order valence-corrected chi connectivity index (χ4v) is 1.48. The van der Waals surface area contributed by atoms with E-state index in [2.05, 4.69) is 0 Å². The molecule has 4 heteroatoms. The number of fused-ring (bicyclic) bond motifs is 1. The molecule has 0 aliphatic carbocycles. The number of nitrogens with two attached hydrogens (primary N) is 1. The first-order valence-corrected chi connectivity index (χ1v) is 4.92. The highest BCUT2D eigenvalue weighted by atomic mass is 31.1. The predicted molar refractivity (Wildman–Crippen MR) is 49.0 cm³/mol. The van der Waals surface area contributed by atoms with Gasteiger partial charge in [-0.05, 0) is 12.1 Å². The molecular formula is C8H8NO2P. The summed E-state index contributed by atoms with van der Waals surface area (Å²) in [6, 6.07) is 9.53. The summed E-state index contributed by atoms with van der Waals surface area (Å²) >= 11 is 0. The lowest BCUT2D eigenvalue weighted by Gasteiger charge is -1.84. The van der Waals surface area contributed by atoms with E-state index in [0.717, 1.165) is 5.39 Å². The third-order valence-corrected chi connectivity index (χ3v) is 2.22. The van der Waals surface area contributed by atoms with Crippen molar-refractivity contribution in [3.63, 3.8) is 0 Å². The summed E-state index contributed by atoms with van der Waals surface area (Å²) in [6.07, 6.45) is 0. The average molecular weight is 181 g/mol. The summed E-state index contributed by atoms with van der Waals surface area (Å²) in [4.78, 5) is 0. The molecule has 62 valence electrons. The Labute approximate surface area is 70.2 Å². The molecule has 0 aliphatic heterocycles. The summed E-state index contributed by atoms with van der Waals surface area (Å²) in [5.41, 5.74) is 6.26. The van der Waals surface area contributed by atoms with Crippen molar-refractivity contribution in [1.82, 2.24) is 0 Å². The molecule has 0 aliphatic rings. The molecule has 0 bridgehead atoms. The highest BCUT2D eigenvalue weighted by molar-refractivity contribution is 7.42. The van der Waals surface area contributed by atoms with Crippen molar-refractivity contribution in [2.45, 2.75) is 0 Å². The second-order valence-electron chi connectivity index (χ2n) is 2.37. The van der Waals surface area contributed by atoms with Crippen molar-refractivity contribution in [1.29, 1.82) is 0 Å². The van der Waals surface area contributed by atoms with Crippen LogP contribution in [0.25, 0.3) is 11.0 Å². The molecule has 1 heterocycles. The molecule has 0 fully saturated rings. The van der Waals surface area contributed by atoms with E-state index in [-0.39, 0.29) is 0 Å².